The molecule has 1 rings (SSSR count). The van der Waals surface area contributed by atoms with Crippen molar-refractivity contribution < 1.29 is 28.0 Å². The largest absolute Gasteiger partial charge is 0.488 e. The Hall–Kier alpha value is -1.71. The smallest absolute Gasteiger partial charge is 0.318 e. The molecule has 1 aromatic rings. The van der Waals surface area contributed by atoms with Crippen molar-refractivity contribution in [3.05, 3.63) is 28.2 Å². The number of hydrogen-bond donors (Lipinski definition) is 1. The van der Waals surface area contributed by atoms with E-state index in [1.54, 1.807) is 0 Å². The van der Waals surface area contributed by atoms with Crippen LogP contribution in [0, 0.1) is 0 Å². The van der Waals surface area contributed by atoms with Crippen molar-refractivity contribution >= 4 is 16.8 Å². The molecule has 148 valence electrons. The topological polar surface area (TPSA) is 104 Å². The van der Waals surface area contributed by atoms with E-state index in [2.05, 4.69) is 4.98 Å². The van der Waals surface area contributed by atoms with Crippen molar-refractivity contribution in [1.29, 1.82) is 0 Å². The van der Waals surface area contributed by atoms with Gasteiger partial charge in [-0.2, -0.15) is 0 Å². The molecule has 9 heteroatoms. The number of hydrogen-bond acceptors (Lipinski definition) is 7. The molecule has 0 saturated heterocycles. The molecule has 26 heavy (non-hydrogen) atoms. The fraction of sp³-hybridized carbons (Fsp3) is 0.647. The number of carbonyl (C=O) groups excluding carboxylic acids is 1. The zero-order chi connectivity index (χ0) is 19.2. The highest BCUT2D eigenvalue weighted by molar-refractivity contribution is 7.84. The molecule has 0 aliphatic carbocycles. The standard InChI is InChI=1S/C17H27NO7S/c1-3-5-24-16-11-18-14(10-15(16)19)12-26(21)13-17(20)25-9-8-23-7-6-22-4-2/h10-11H,3-9,12-13H2,1-2H3,(H,18,19). The number of nitrogens with one attached hydrogen (secondary N) is 1. The van der Waals surface area contributed by atoms with Crippen LogP contribution in [0.25, 0.3) is 0 Å². The van der Waals surface area contributed by atoms with Crippen LogP contribution in [0.2, 0.25) is 0 Å². The van der Waals surface area contributed by atoms with Crippen molar-refractivity contribution in [3.8, 4) is 5.75 Å². The third-order valence-corrected chi connectivity index (χ3v) is 4.25. The normalized spacial score (nSPS) is 11.9. The van der Waals surface area contributed by atoms with Crippen LogP contribution < -0.4 is 10.2 Å². The molecular weight excluding hydrogens is 362 g/mol. The van der Waals surface area contributed by atoms with Crippen LogP contribution in [0.4, 0.5) is 0 Å². The van der Waals surface area contributed by atoms with E-state index in [0.29, 0.717) is 32.1 Å². The zero-order valence-electron chi connectivity index (χ0n) is 15.3. The molecule has 0 aliphatic heterocycles. The van der Waals surface area contributed by atoms with Crippen molar-refractivity contribution in [1.82, 2.24) is 4.98 Å². The van der Waals surface area contributed by atoms with Gasteiger partial charge in [-0.1, -0.05) is 6.92 Å². The zero-order valence-corrected chi connectivity index (χ0v) is 16.1. The third kappa shape index (κ3) is 9.69. The highest BCUT2D eigenvalue weighted by Gasteiger charge is 2.11. The summed E-state index contributed by atoms with van der Waals surface area (Å²) < 4.78 is 32.6. The van der Waals surface area contributed by atoms with Crippen LogP contribution >= 0.6 is 0 Å². The van der Waals surface area contributed by atoms with Gasteiger partial charge in [0.25, 0.3) is 0 Å². The first-order valence-corrected chi connectivity index (χ1v) is 10.1. The van der Waals surface area contributed by atoms with E-state index >= 15 is 0 Å². The molecule has 1 heterocycles. The number of H-pyrrole nitrogens is 1. The summed E-state index contributed by atoms with van der Waals surface area (Å²) in [6.07, 6.45) is 2.24. The van der Waals surface area contributed by atoms with Crippen molar-refractivity contribution in [2.24, 2.45) is 0 Å². The number of ether oxygens (including phenoxy) is 4. The van der Waals surface area contributed by atoms with Crippen LogP contribution in [0.1, 0.15) is 26.0 Å². The lowest BCUT2D eigenvalue weighted by atomic mass is 10.3. The average Bonchev–Trinajstić information content (AvgIpc) is 2.60. The first-order valence-electron chi connectivity index (χ1n) is 8.57. The van der Waals surface area contributed by atoms with Crippen molar-refractivity contribution in [2.45, 2.75) is 26.0 Å². The van der Waals surface area contributed by atoms with Gasteiger partial charge in [-0.3, -0.25) is 13.8 Å². The number of aromatic amines is 1. The summed E-state index contributed by atoms with van der Waals surface area (Å²) in [7, 11) is -1.48. The monoisotopic (exact) mass is 389 g/mol. The van der Waals surface area contributed by atoms with Crippen molar-refractivity contribution in [3.63, 3.8) is 0 Å². The molecule has 0 bridgehead atoms. The maximum atomic E-state index is 12.0. The van der Waals surface area contributed by atoms with E-state index < -0.39 is 16.8 Å². The molecule has 0 amide bonds. The average molecular weight is 389 g/mol. The van der Waals surface area contributed by atoms with Gasteiger partial charge in [0, 0.05) is 35.4 Å². The lowest BCUT2D eigenvalue weighted by Crippen LogP contribution is -2.19. The van der Waals surface area contributed by atoms with Gasteiger partial charge in [0.1, 0.15) is 12.4 Å². The van der Waals surface area contributed by atoms with E-state index in [-0.39, 0.29) is 35.9 Å². The first-order chi connectivity index (χ1) is 12.6. The molecule has 0 aliphatic rings. The SMILES string of the molecule is CCCOc1c[nH]c(CS(=O)CC(=O)OCCOCCOCC)cc1=O. The summed E-state index contributed by atoms with van der Waals surface area (Å²) >= 11 is 0. The molecule has 1 atom stereocenters. The maximum absolute atomic E-state index is 12.0. The van der Waals surface area contributed by atoms with Gasteiger partial charge in [0.05, 0.1) is 32.2 Å². The number of rotatable bonds is 14. The molecule has 1 aromatic heterocycles. The van der Waals surface area contributed by atoms with Gasteiger partial charge in [-0.15, -0.1) is 0 Å². The van der Waals surface area contributed by atoms with E-state index in [0.717, 1.165) is 6.42 Å². The fourth-order valence-corrected chi connectivity index (χ4v) is 2.85. The highest BCUT2D eigenvalue weighted by atomic mass is 32.2. The molecule has 1 N–H and O–H groups in total. The minimum Gasteiger partial charge on any atom is -0.488 e. The summed E-state index contributed by atoms with van der Waals surface area (Å²) in [6.45, 7) is 6.21. The number of carbonyl (C=O) groups is 1. The lowest BCUT2D eigenvalue weighted by molar-refractivity contribution is -0.142. The van der Waals surface area contributed by atoms with Crippen LogP contribution in [0.3, 0.4) is 0 Å². The van der Waals surface area contributed by atoms with Gasteiger partial charge in [0.15, 0.2) is 5.75 Å². The predicted octanol–water partition coefficient (Wildman–Crippen LogP) is 1.01. The Balaban J connectivity index is 2.27. The van der Waals surface area contributed by atoms with Crippen molar-refractivity contribution in [2.75, 3.05) is 45.4 Å². The molecule has 1 unspecified atom stereocenters. The van der Waals surface area contributed by atoms with E-state index in [9.17, 15) is 13.8 Å². The molecule has 0 fully saturated rings. The van der Waals surface area contributed by atoms with E-state index in [1.807, 2.05) is 13.8 Å². The summed E-state index contributed by atoms with van der Waals surface area (Å²) in [5, 5.41) is 0. The van der Waals surface area contributed by atoms with Crippen LogP contribution in [-0.4, -0.2) is 60.6 Å². The minimum absolute atomic E-state index is 0.0588. The predicted molar refractivity (Wildman–Crippen MR) is 97.8 cm³/mol. The van der Waals surface area contributed by atoms with Crippen LogP contribution in [0.5, 0.6) is 5.75 Å². The first kappa shape index (κ1) is 22.3. The molecule has 8 nitrogen and oxygen atoms in total. The summed E-state index contributed by atoms with van der Waals surface area (Å²) in [5.74, 6) is -0.523. The Morgan fingerprint density at radius 2 is 1.85 bits per heavy atom. The van der Waals surface area contributed by atoms with Gasteiger partial charge >= 0.3 is 5.97 Å². The molecule has 0 saturated carbocycles. The molecule has 0 radical (unpaired) electrons. The van der Waals surface area contributed by atoms with Crippen LogP contribution in [-0.2, 0) is 35.6 Å². The van der Waals surface area contributed by atoms with Gasteiger partial charge < -0.3 is 23.9 Å². The Kier molecular flexibility index (Phi) is 11.6. The lowest BCUT2D eigenvalue weighted by Gasteiger charge is -2.07. The molecule has 0 aromatic carbocycles. The van der Waals surface area contributed by atoms with E-state index in [4.69, 9.17) is 18.9 Å². The third-order valence-electron chi connectivity index (χ3n) is 3.06. The van der Waals surface area contributed by atoms with E-state index in [1.165, 1.54) is 12.3 Å². The number of esters is 1. The Morgan fingerprint density at radius 3 is 2.54 bits per heavy atom. The quantitative estimate of drug-likeness (QED) is 0.374. The Bertz CT molecular complexity index is 617. The highest BCUT2D eigenvalue weighted by Crippen LogP contribution is 2.05. The van der Waals surface area contributed by atoms with Gasteiger partial charge in [-0.25, -0.2) is 0 Å². The minimum atomic E-state index is -1.48. The fourth-order valence-electron chi connectivity index (χ4n) is 1.88. The Morgan fingerprint density at radius 1 is 1.12 bits per heavy atom. The summed E-state index contributed by atoms with van der Waals surface area (Å²) in [4.78, 5) is 26.4. The molecular formula is C17H27NO7S. The second kappa shape index (κ2) is 13.5. The number of aromatic nitrogens is 1. The summed E-state index contributed by atoms with van der Waals surface area (Å²) in [6, 6.07) is 1.33. The molecule has 0 spiro atoms. The Labute approximate surface area is 155 Å². The van der Waals surface area contributed by atoms with Gasteiger partial charge in [0.2, 0.25) is 5.43 Å². The van der Waals surface area contributed by atoms with Crippen LogP contribution in [0.15, 0.2) is 17.1 Å². The number of pyridine rings is 1. The second-order valence-corrected chi connectivity index (χ2v) is 6.75. The second-order valence-electron chi connectivity index (χ2n) is 5.29. The summed E-state index contributed by atoms with van der Waals surface area (Å²) in [5.41, 5.74) is 0.195. The maximum Gasteiger partial charge on any atom is 0.318 e. The van der Waals surface area contributed by atoms with Gasteiger partial charge in [-0.05, 0) is 13.3 Å².